The van der Waals surface area contributed by atoms with E-state index < -0.39 is 37.0 Å². The van der Waals surface area contributed by atoms with Gasteiger partial charge in [-0.05, 0) is 31.2 Å². The Morgan fingerprint density at radius 3 is 2.71 bits per heavy atom. The fourth-order valence-electron chi connectivity index (χ4n) is 3.61. The highest BCUT2D eigenvalue weighted by Gasteiger charge is 2.33. The third kappa shape index (κ3) is 7.18. The van der Waals surface area contributed by atoms with Gasteiger partial charge in [0, 0.05) is 13.1 Å². The van der Waals surface area contributed by atoms with Gasteiger partial charge < -0.3 is 20.3 Å². The molecule has 1 aromatic rings. The zero-order valence-corrected chi connectivity index (χ0v) is 18.9. The number of hydroxylamine groups is 2. The van der Waals surface area contributed by atoms with Gasteiger partial charge in [-0.25, -0.2) is 14.2 Å². The third-order valence-corrected chi connectivity index (χ3v) is 5.38. The number of anilines is 2. The molecule has 0 aromatic heterocycles. The number of carbonyl (C=O) groups excluding carboxylic acids is 3. The molecule has 0 bridgehead atoms. The normalized spacial score (nSPS) is 18.6. The van der Waals surface area contributed by atoms with Crippen molar-refractivity contribution in [1.82, 2.24) is 15.7 Å². The van der Waals surface area contributed by atoms with Crippen LogP contribution in [0, 0.1) is 5.82 Å². The lowest BCUT2D eigenvalue weighted by Crippen LogP contribution is -2.40. The first kappa shape index (κ1) is 26.5. The van der Waals surface area contributed by atoms with Crippen molar-refractivity contribution in [3.63, 3.8) is 0 Å². The van der Waals surface area contributed by atoms with Gasteiger partial charge >= 0.3 is 12.5 Å². The molecular formula is C21H27F4N5O5. The number of ether oxygens (including phenoxy) is 1. The first-order valence-corrected chi connectivity index (χ1v) is 11.1. The van der Waals surface area contributed by atoms with Crippen molar-refractivity contribution in [2.75, 3.05) is 68.9 Å². The Kier molecular flexibility index (Phi) is 9.48. The second-order valence-electron chi connectivity index (χ2n) is 7.83. The van der Waals surface area contributed by atoms with Crippen molar-refractivity contribution in [3.05, 3.63) is 24.0 Å². The van der Waals surface area contributed by atoms with Crippen molar-refractivity contribution in [1.29, 1.82) is 0 Å². The zero-order chi connectivity index (χ0) is 25.4. The minimum absolute atomic E-state index is 0.00179. The van der Waals surface area contributed by atoms with E-state index in [9.17, 15) is 31.9 Å². The van der Waals surface area contributed by atoms with Gasteiger partial charge in [-0.2, -0.15) is 8.78 Å². The van der Waals surface area contributed by atoms with Gasteiger partial charge in [-0.1, -0.05) is 0 Å². The summed E-state index contributed by atoms with van der Waals surface area (Å²) in [7, 11) is 0. The van der Waals surface area contributed by atoms with E-state index in [0.717, 1.165) is 11.0 Å². The Hall–Kier alpha value is -3.13. The first-order valence-electron chi connectivity index (χ1n) is 11.1. The molecule has 2 aliphatic heterocycles. The van der Waals surface area contributed by atoms with Crippen molar-refractivity contribution in [2.45, 2.75) is 19.0 Å². The molecule has 35 heavy (non-hydrogen) atoms. The number of nitrogens with zero attached hydrogens (tertiary/aromatic N) is 3. The summed E-state index contributed by atoms with van der Waals surface area (Å²) >= 11 is 0. The molecule has 1 aromatic carbocycles. The highest BCUT2D eigenvalue weighted by atomic mass is 19.3. The molecule has 0 saturated carbocycles. The number of amides is 3. The Morgan fingerprint density at radius 2 is 2.00 bits per heavy atom. The molecule has 0 radical (unpaired) electrons. The molecule has 2 N–H and O–H groups in total. The lowest BCUT2D eigenvalue weighted by molar-refractivity contribution is -0.180. The molecular weight excluding hydrogens is 478 g/mol. The largest absolute Gasteiger partial charge is 0.442 e. The monoisotopic (exact) mass is 505 g/mol. The topological polar surface area (TPSA) is 103 Å². The van der Waals surface area contributed by atoms with Crippen LogP contribution in [0.5, 0.6) is 0 Å². The summed E-state index contributed by atoms with van der Waals surface area (Å²) in [5.74, 6) is -2.39. The molecule has 0 unspecified atom stereocenters. The van der Waals surface area contributed by atoms with Crippen LogP contribution in [0.1, 0.15) is 6.42 Å². The molecule has 0 aliphatic carbocycles. The van der Waals surface area contributed by atoms with Gasteiger partial charge in [-0.3, -0.25) is 23.7 Å². The average molecular weight is 505 g/mol. The molecule has 194 valence electrons. The van der Waals surface area contributed by atoms with Crippen molar-refractivity contribution >= 4 is 29.3 Å². The predicted molar refractivity (Wildman–Crippen MR) is 116 cm³/mol. The van der Waals surface area contributed by atoms with Crippen LogP contribution < -0.4 is 20.4 Å². The average Bonchev–Trinajstić information content (AvgIpc) is 3.03. The Bertz CT molecular complexity index is 909. The lowest BCUT2D eigenvalue weighted by Gasteiger charge is -2.24. The SMILES string of the molecule is O=C(NC[C@H]1CN(c2ccc(N3CCON(C(=O)CNCCCF)CC3)c(F)c2)C(=O)O1)C(F)F. The molecule has 0 spiro atoms. The van der Waals surface area contributed by atoms with E-state index in [2.05, 4.69) is 5.32 Å². The van der Waals surface area contributed by atoms with Crippen LogP contribution in [0.2, 0.25) is 0 Å². The maximum absolute atomic E-state index is 15.0. The second kappa shape index (κ2) is 12.5. The number of benzene rings is 1. The second-order valence-corrected chi connectivity index (χ2v) is 7.83. The van der Waals surface area contributed by atoms with Crippen molar-refractivity contribution in [2.24, 2.45) is 0 Å². The predicted octanol–water partition coefficient (Wildman–Crippen LogP) is 1.06. The summed E-state index contributed by atoms with van der Waals surface area (Å²) in [5, 5.41) is 6.01. The smallest absolute Gasteiger partial charge is 0.414 e. The van der Waals surface area contributed by atoms with Crippen LogP contribution in [-0.4, -0.2) is 94.6 Å². The van der Waals surface area contributed by atoms with Crippen LogP contribution in [-0.2, 0) is 19.2 Å². The number of halogens is 4. The number of hydrogen-bond acceptors (Lipinski definition) is 7. The molecule has 14 heteroatoms. The van der Waals surface area contributed by atoms with Gasteiger partial charge in [0.15, 0.2) is 0 Å². The summed E-state index contributed by atoms with van der Waals surface area (Å²) in [4.78, 5) is 43.7. The van der Waals surface area contributed by atoms with E-state index in [1.54, 1.807) is 4.90 Å². The summed E-state index contributed by atoms with van der Waals surface area (Å²) in [6.07, 6.45) is -4.51. The number of hydrogen-bond donors (Lipinski definition) is 2. The Morgan fingerprint density at radius 1 is 1.20 bits per heavy atom. The van der Waals surface area contributed by atoms with Crippen LogP contribution in [0.3, 0.4) is 0 Å². The number of nitrogens with one attached hydrogen (secondary N) is 2. The van der Waals surface area contributed by atoms with Crippen molar-refractivity contribution in [3.8, 4) is 0 Å². The fourth-order valence-corrected chi connectivity index (χ4v) is 3.61. The minimum atomic E-state index is -3.18. The van der Waals surface area contributed by atoms with Gasteiger partial charge in [0.1, 0.15) is 11.9 Å². The molecule has 2 fully saturated rings. The van der Waals surface area contributed by atoms with E-state index in [0.29, 0.717) is 26.1 Å². The number of cyclic esters (lactones) is 1. The molecule has 10 nitrogen and oxygen atoms in total. The first-order chi connectivity index (χ1) is 16.8. The van der Waals surface area contributed by atoms with Crippen LogP contribution in [0.15, 0.2) is 18.2 Å². The highest BCUT2D eigenvalue weighted by molar-refractivity contribution is 5.90. The summed E-state index contributed by atoms with van der Waals surface area (Å²) in [5.41, 5.74) is 0.460. The fraction of sp³-hybridized carbons (Fsp3) is 0.571. The summed E-state index contributed by atoms with van der Waals surface area (Å²) < 4.78 is 56.8. The quantitative estimate of drug-likeness (QED) is 0.362. The van der Waals surface area contributed by atoms with E-state index in [1.165, 1.54) is 17.2 Å². The molecule has 2 heterocycles. The number of alkyl halides is 3. The highest BCUT2D eigenvalue weighted by Crippen LogP contribution is 2.28. The minimum Gasteiger partial charge on any atom is -0.442 e. The van der Waals surface area contributed by atoms with Crippen LogP contribution in [0.4, 0.5) is 33.7 Å². The molecule has 3 amide bonds. The van der Waals surface area contributed by atoms with Gasteiger partial charge in [0.05, 0.1) is 50.8 Å². The number of rotatable bonds is 10. The zero-order valence-electron chi connectivity index (χ0n) is 18.9. The van der Waals surface area contributed by atoms with Gasteiger partial charge in [-0.15, -0.1) is 0 Å². The van der Waals surface area contributed by atoms with E-state index in [4.69, 9.17) is 9.57 Å². The van der Waals surface area contributed by atoms with E-state index >= 15 is 0 Å². The van der Waals surface area contributed by atoms with Gasteiger partial charge in [0.25, 0.3) is 11.8 Å². The molecule has 2 aliphatic rings. The third-order valence-electron chi connectivity index (χ3n) is 5.38. The Balaban J connectivity index is 1.56. The lowest BCUT2D eigenvalue weighted by atomic mass is 10.2. The van der Waals surface area contributed by atoms with Crippen molar-refractivity contribution < 1.29 is 41.5 Å². The van der Waals surface area contributed by atoms with Crippen LogP contribution >= 0.6 is 0 Å². The summed E-state index contributed by atoms with van der Waals surface area (Å²) in [6.45, 7) is 0.501. The van der Waals surface area contributed by atoms with Gasteiger partial charge in [0.2, 0.25) is 0 Å². The number of carbonyl (C=O) groups is 3. The summed E-state index contributed by atoms with van der Waals surface area (Å²) in [6, 6.07) is 4.16. The Labute approximate surface area is 199 Å². The maximum atomic E-state index is 15.0. The molecule has 1 atom stereocenters. The van der Waals surface area contributed by atoms with E-state index in [-0.39, 0.29) is 50.1 Å². The van der Waals surface area contributed by atoms with E-state index in [1.807, 2.05) is 5.32 Å². The molecule has 2 saturated heterocycles. The molecule has 3 rings (SSSR count). The standard InChI is InChI=1S/C21H27F4N5O5/c22-4-1-5-26-12-18(31)30-7-6-28(8-9-34-30)17-3-2-14(10-16(17)23)29-13-15(35-21(29)33)11-27-20(32)19(24)25/h2-3,10,15,19,26H,1,4-9,11-13H2,(H,27,32)/t15-/m0/s1. The maximum Gasteiger partial charge on any atom is 0.414 e. The van der Waals surface area contributed by atoms with Crippen LogP contribution in [0.25, 0.3) is 0 Å².